The van der Waals surface area contributed by atoms with Gasteiger partial charge in [-0.15, -0.1) is 0 Å². The van der Waals surface area contributed by atoms with Gasteiger partial charge < -0.3 is 4.34 Å². The Morgan fingerprint density at radius 3 is 3.08 bits per heavy atom. The molecule has 2 nitrogen and oxygen atoms in total. The first-order valence-corrected chi connectivity index (χ1v) is 4.09. The highest BCUT2D eigenvalue weighted by Crippen LogP contribution is 2.20. The van der Waals surface area contributed by atoms with Crippen LogP contribution in [0.4, 0.5) is 4.39 Å². The van der Waals surface area contributed by atoms with Crippen molar-refractivity contribution in [3.05, 3.63) is 29.8 Å². The third kappa shape index (κ3) is 0.935. The monoisotopic (exact) mass is 182 g/mol. The van der Waals surface area contributed by atoms with Gasteiger partial charge in [0.05, 0.1) is 5.39 Å². The summed E-state index contributed by atoms with van der Waals surface area (Å²) in [6, 6.07) is 1.72. The Hall–Kier alpha value is -0.950. The number of pyridine rings is 1. The first-order valence-electron chi connectivity index (χ1n) is 3.57. The van der Waals surface area contributed by atoms with Crippen molar-refractivity contribution in [3.8, 4) is 0 Å². The highest BCUT2D eigenvalue weighted by molar-refractivity contribution is 7.14. The van der Waals surface area contributed by atoms with Gasteiger partial charge >= 0.3 is 0 Å². The molecule has 0 fully saturated rings. The maximum atomic E-state index is 13.3. The molecule has 1 unspecified atom stereocenters. The Balaban J connectivity index is 2.93. The van der Waals surface area contributed by atoms with Crippen LogP contribution in [0.1, 0.15) is 5.56 Å². The minimum atomic E-state index is -0.179. The molecule has 2 aromatic rings. The van der Waals surface area contributed by atoms with Crippen molar-refractivity contribution in [1.29, 1.82) is 0 Å². The molecule has 12 heavy (non-hydrogen) atoms. The molecule has 0 amide bonds. The molecule has 0 bridgehead atoms. The lowest BCUT2D eigenvalue weighted by Crippen LogP contribution is -1.87. The van der Waals surface area contributed by atoms with Gasteiger partial charge in [0.1, 0.15) is 11.5 Å². The van der Waals surface area contributed by atoms with Crippen molar-refractivity contribution in [2.45, 2.75) is 6.92 Å². The normalized spacial score (nSPS) is 10.9. The standard InChI is InChI=1S/C8H8FN2P/c1-5-4-10-8-6(7(5)9)2-3-11(8)12/h2-4H,12H2,1H3. The fourth-order valence-electron chi connectivity index (χ4n) is 1.17. The number of fused-ring (bicyclic) bond motifs is 1. The quantitative estimate of drug-likeness (QED) is 0.570. The van der Waals surface area contributed by atoms with Crippen LogP contribution in [0.25, 0.3) is 11.0 Å². The van der Waals surface area contributed by atoms with Gasteiger partial charge in [0.15, 0.2) is 0 Å². The summed E-state index contributed by atoms with van der Waals surface area (Å²) < 4.78 is 15.1. The lowest BCUT2D eigenvalue weighted by atomic mass is 10.2. The predicted octanol–water partition coefficient (Wildman–Crippen LogP) is 2.12. The summed E-state index contributed by atoms with van der Waals surface area (Å²) in [7, 11) is 2.46. The van der Waals surface area contributed by atoms with E-state index in [1.165, 1.54) is 6.20 Å². The minimum absolute atomic E-state index is 0.179. The van der Waals surface area contributed by atoms with Crippen molar-refractivity contribution >= 4 is 20.4 Å². The lowest BCUT2D eigenvalue weighted by Gasteiger charge is -1.97. The molecule has 1 atom stereocenters. The zero-order chi connectivity index (χ0) is 8.72. The van der Waals surface area contributed by atoms with Crippen molar-refractivity contribution in [3.63, 3.8) is 0 Å². The average Bonchev–Trinajstić information content (AvgIpc) is 2.41. The molecule has 4 heteroatoms. The smallest absolute Gasteiger partial charge is 0.145 e. The van der Waals surface area contributed by atoms with E-state index in [9.17, 15) is 4.39 Å². The molecular formula is C8H8FN2P. The maximum absolute atomic E-state index is 13.3. The number of halogens is 1. The van der Waals surface area contributed by atoms with Crippen LogP contribution in [0.2, 0.25) is 0 Å². The molecule has 2 aromatic heterocycles. The summed E-state index contributed by atoms with van der Waals surface area (Å²) in [5.41, 5.74) is 1.24. The van der Waals surface area contributed by atoms with Crippen LogP contribution in [0, 0.1) is 12.7 Å². The average molecular weight is 182 g/mol. The molecule has 62 valence electrons. The molecule has 0 aliphatic rings. The minimum Gasteiger partial charge on any atom is -0.317 e. The zero-order valence-corrected chi connectivity index (χ0v) is 7.74. The zero-order valence-electron chi connectivity index (χ0n) is 6.58. The third-order valence-electron chi connectivity index (χ3n) is 1.85. The number of nitrogens with zero attached hydrogens (tertiary/aromatic N) is 2. The number of aryl methyl sites for hydroxylation is 1. The second kappa shape index (κ2) is 2.53. The molecule has 0 aliphatic heterocycles. The van der Waals surface area contributed by atoms with Gasteiger partial charge in [0.2, 0.25) is 0 Å². The van der Waals surface area contributed by atoms with E-state index in [0.29, 0.717) is 16.6 Å². The van der Waals surface area contributed by atoms with Gasteiger partial charge in [-0.3, -0.25) is 0 Å². The van der Waals surface area contributed by atoms with Crippen molar-refractivity contribution in [2.24, 2.45) is 0 Å². The van der Waals surface area contributed by atoms with Gasteiger partial charge in [-0.05, 0) is 22.4 Å². The SMILES string of the molecule is Cc1cnc2c(ccn2P)c1F. The molecule has 0 radical (unpaired) electrons. The van der Waals surface area contributed by atoms with Gasteiger partial charge in [-0.25, -0.2) is 9.37 Å². The van der Waals surface area contributed by atoms with E-state index >= 15 is 0 Å². The van der Waals surface area contributed by atoms with E-state index in [-0.39, 0.29) is 5.82 Å². The molecule has 0 saturated heterocycles. The van der Waals surface area contributed by atoms with Gasteiger partial charge in [0, 0.05) is 18.0 Å². The highest BCUT2D eigenvalue weighted by Gasteiger charge is 2.06. The Bertz CT molecular complexity index is 436. The summed E-state index contributed by atoms with van der Waals surface area (Å²) in [6.07, 6.45) is 3.31. The molecule has 2 heterocycles. The number of aromatic nitrogens is 2. The van der Waals surface area contributed by atoms with Gasteiger partial charge in [-0.1, -0.05) is 0 Å². The second-order valence-electron chi connectivity index (χ2n) is 2.72. The van der Waals surface area contributed by atoms with Crippen LogP contribution in [0.5, 0.6) is 0 Å². The fourth-order valence-corrected chi connectivity index (χ4v) is 1.47. The van der Waals surface area contributed by atoms with E-state index in [1.807, 2.05) is 0 Å². The van der Waals surface area contributed by atoms with Crippen LogP contribution >= 0.6 is 9.39 Å². The summed E-state index contributed by atoms with van der Waals surface area (Å²) in [5, 5.41) is 0.574. The molecule has 0 saturated carbocycles. The Morgan fingerprint density at radius 2 is 2.33 bits per heavy atom. The third-order valence-corrected chi connectivity index (χ3v) is 2.27. The van der Waals surface area contributed by atoms with Crippen LogP contribution < -0.4 is 0 Å². The first kappa shape index (κ1) is 7.69. The van der Waals surface area contributed by atoms with Gasteiger partial charge in [-0.2, -0.15) is 0 Å². The summed E-state index contributed by atoms with van der Waals surface area (Å²) in [4.78, 5) is 4.10. The molecular weight excluding hydrogens is 174 g/mol. The second-order valence-corrected chi connectivity index (χ2v) is 3.27. The predicted molar refractivity (Wildman–Crippen MR) is 49.5 cm³/mol. The highest BCUT2D eigenvalue weighted by atomic mass is 31.0. The summed E-state index contributed by atoms with van der Waals surface area (Å²) >= 11 is 0. The Morgan fingerprint density at radius 1 is 1.58 bits per heavy atom. The van der Waals surface area contributed by atoms with Gasteiger partial charge in [0.25, 0.3) is 0 Å². The molecule has 0 aromatic carbocycles. The van der Waals surface area contributed by atoms with Crippen molar-refractivity contribution in [2.75, 3.05) is 0 Å². The van der Waals surface area contributed by atoms with E-state index in [2.05, 4.69) is 14.4 Å². The maximum Gasteiger partial charge on any atom is 0.145 e. The van der Waals surface area contributed by atoms with Crippen LogP contribution in [-0.4, -0.2) is 9.32 Å². The van der Waals surface area contributed by atoms with E-state index in [4.69, 9.17) is 0 Å². The Labute approximate surface area is 71.7 Å². The molecule has 2 rings (SSSR count). The van der Waals surface area contributed by atoms with Crippen LogP contribution in [-0.2, 0) is 0 Å². The number of hydrogen-bond donors (Lipinski definition) is 0. The van der Waals surface area contributed by atoms with Crippen LogP contribution in [0.15, 0.2) is 18.5 Å². The molecule has 0 aliphatic carbocycles. The summed E-state index contributed by atoms with van der Waals surface area (Å²) in [6.45, 7) is 1.71. The number of hydrogen-bond acceptors (Lipinski definition) is 1. The molecule has 0 N–H and O–H groups in total. The summed E-state index contributed by atoms with van der Waals surface area (Å²) in [5.74, 6) is -0.179. The number of rotatable bonds is 0. The van der Waals surface area contributed by atoms with Crippen LogP contribution in [0.3, 0.4) is 0 Å². The lowest BCUT2D eigenvalue weighted by molar-refractivity contribution is 0.629. The fraction of sp³-hybridized carbons (Fsp3) is 0.125. The first-order chi connectivity index (χ1) is 5.70. The molecule has 0 spiro atoms. The van der Waals surface area contributed by atoms with E-state index in [1.54, 1.807) is 23.5 Å². The topological polar surface area (TPSA) is 17.8 Å². The van der Waals surface area contributed by atoms with Crippen molar-refractivity contribution in [1.82, 2.24) is 9.32 Å². The van der Waals surface area contributed by atoms with Crippen molar-refractivity contribution < 1.29 is 4.39 Å². The Kier molecular flexibility index (Phi) is 1.62. The largest absolute Gasteiger partial charge is 0.317 e. The van der Waals surface area contributed by atoms with E-state index in [0.717, 1.165) is 0 Å². The van der Waals surface area contributed by atoms with E-state index < -0.39 is 0 Å².